The molecule has 24 heavy (non-hydrogen) atoms. The number of benzene rings is 1. The molecule has 0 unspecified atom stereocenters. The van der Waals surface area contributed by atoms with Crippen molar-refractivity contribution in [2.24, 2.45) is 5.92 Å². The molecule has 130 valence electrons. The van der Waals surface area contributed by atoms with Gasteiger partial charge in [-0.2, -0.15) is 0 Å². The lowest BCUT2D eigenvalue weighted by molar-refractivity contribution is -0.116. The summed E-state index contributed by atoms with van der Waals surface area (Å²) in [6.45, 7) is 12.7. The summed E-state index contributed by atoms with van der Waals surface area (Å²) in [5.74, 6) is 2.00. The summed E-state index contributed by atoms with van der Waals surface area (Å²) in [6, 6.07) is 2.05. The maximum absolute atomic E-state index is 12.1. The summed E-state index contributed by atoms with van der Waals surface area (Å²) in [4.78, 5) is 12.1. The standard InChI is InChI=1S/C20H27NO3/c1-11(2)10-21-18(22)8-12(3)16-9-17-13(4)15(6)24-20(17)14(5)19(16)23-7/h8-9,11H,10H2,1-7H3,(H,21,22)/b12-8+. The quantitative estimate of drug-likeness (QED) is 0.819. The number of allylic oxidation sites excluding steroid dienone is 1. The van der Waals surface area contributed by atoms with Gasteiger partial charge in [-0.1, -0.05) is 13.8 Å². The molecule has 1 aromatic carbocycles. The number of nitrogens with one attached hydrogen (secondary N) is 1. The summed E-state index contributed by atoms with van der Waals surface area (Å²) in [5, 5.41) is 3.98. The first-order valence-electron chi connectivity index (χ1n) is 8.30. The van der Waals surface area contributed by atoms with Crippen LogP contribution < -0.4 is 10.1 Å². The van der Waals surface area contributed by atoms with E-state index in [1.165, 1.54) is 0 Å². The SMILES string of the molecule is COc1c(/C(C)=C/C(=O)NCC(C)C)cc2c(C)c(C)oc2c1C. The number of hydrogen-bond donors (Lipinski definition) is 1. The van der Waals surface area contributed by atoms with E-state index in [0.29, 0.717) is 12.5 Å². The van der Waals surface area contributed by atoms with Crippen LogP contribution in [0.4, 0.5) is 0 Å². The number of amides is 1. The number of carbonyl (C=O) groups is 1. The zero-order chi connectivity index (χ0) is 18.0. The number of furan rings is 1. The number of fused-ring (bicyclic) bond motifs is 1. The van der Waals surface area contributed by atoms with E-state index in [1.807, 2.05) is 27.7 Å². The van der Waals surface area contributed by atoms with Crippen LogP contribution in [0.15, 0.2) is 16.6 Å². The number of ether oxygens (including phenoxy) is 1. The predicted octanol–water partition coefficient (Wildman–Crippen LogP) is 4.54. The third kappa shape index (κ3) is 3.48. The lowest BCUT2D eigenvalue weighted by Gasteiger charge is -2.13. The topological polar surface area (TPSA) is 51.5 Å². The molecular formula is C20H27NO3. The van der Waals surface area contributed by atoms with E-state index in [9.17, 15) is 4.79 Å². The van der Waals surface area contributed by atoms with Gasteiger partial charge in [-0.15, -0.1) is 0 Å². The average Bonchev–Trinajstić information content (AvgIpc) is 2.81. The Morgan fingerprint density at radius 3 is 2.54 bits per heavy atom. The van der Waals surface area contributed by atoms with E-state index < -0.39 is 0 Å². The summed E-state index contributed by atoms with van der Waals surface area (Å²) in [7, 11) is 1.65. The first-order valence-corrected chi connectivity index (χ1v) is 8.30. The van der Waals surface area contributed by atoms with Crippen LogP contribution in [0.1, 0.15) is 43.2 Å². The second-order valence-electron chi connectivity index (χ2n) is 6.71. The maximum Gasteiger partial charge on any atom is 0.244 e. The number of hydrogen-bond acceptors (Lipinski definition) is 3. The largest absolute Gasteiger partial charge is 0.496 e. The third-order valence-corrected chi connectivity index (χ3v) is 4.31. The van der Waals surface area contributed by atoms with Gasteiger partial charge in [0.2, 0.25) is 5.91 Å². The Morgan fingerprint density at radius 2 is 1.96 bits per heavy atom. The first kappa shape index (κ1) is 18.1. The van der Waals surface area contributed by atoms with Gasteiger partial charge in [-0.05, 0) is 50.8 Å². The monoisotopic (exact) mass is 329 g/mol. The average molecular weight is 329 g/mol. The zero-order valence-corrected chi connectivity index (χ0v) is 15.7. The fourth-order valence-corrected chi connectivity index (χ4v) is 2.80. The second kappa shape index (κ2) is 7.12. The van der Waals surface area contributed by atoms with Crippen molar-refractivity contribution in [3.8, 4) is 5.75 Å². The molecule has 0 aliphatic heterocycles. The van der Waals surface area contributed by atoms with E-state index in [4.69, 9.17) is 9.15 Å². The van der Waals surface area contributed by atoms with Gasteiger partial charge in [-0.3, -0.25) is 4.79 Å². The van der Waals surface area contributed by atoms with Gasteiger partial charge >= 0.3 is 0 Å². The molecule has 4 nitrogen and oxygen atoms in total. The summed E-state index contributed by atoms with van der Waals surface area (Å²) in [6.07, 6.45) is 1.63. The molecule has 0 saturated heterocycles. The van der Waals surface area contributed by atoms with E-state index in [1.54, 1.807) is 13.2 Å². The lowest BCUT2D eigenvalue weighted by atomic mass is 9.98. The van der Waals surface area contributed by atoms with Crippen LogP contribution in [0.25, 0.3) is 16.5 Å². The molecule has 1 amide bonds. The van der Waals surface area contributed by atoms with Crippen molar-refractivity contribution in [1.82, 2.24) is 5.32 Å². The van der Waals surface area contributed by atoms with Crippen molar-refractivity contribution >= 4 is 22.4 Å². The highest BCUT2D eigenvalue weighted by atomic mass is 16.5. The van der Waals surface area contributed by atoms with Crippen LogP contribution in [0.3, 0.4) is 0 Å². The van der Waals surface area contributed by atoms with Crippen molar-refractivity contribution in [3.05, 3.63) is 34.6 Å². The Kier molecular flexibility index (Phi) is 5.37. The molecular weight excluding hydrogens is 302 g/mol. The van der Waals surface area contributed by atoms with E-state index in [0.717, 1.165) is 44.7 Å². The third-order valence-electron chi connectivity index (χ3n) is 4.31. The number of carbonyl (C=O) groups excluding carboxylic acids is 1. The van der Waals surface area contributed by atoms with Crippen LogP contribution in [-0.2, 0) is 4.79 Å². The highest BCUT2D eigenvalue weighted by molar-refractivity contribution is 5.98. The second-order valence-corrected chi connectivity index (χ2v) is 6.71. The first-order chi connectivity index (χ1) is 11.3. The molecule has 4 heteroatoms. The fourth-order valence-electron chi connectivity index (χ4n) is 2.80. The van der Waals surface area contributed by atoms with E-state index in [-0.39, 0.29) is 5.91 Å². The Hall–Kier alpha value is -2.23. The Morgan fingerprint density at radius 1 is 1.29 bits per heavy atom. The molecule has 0 radical (unpaired) electrons. The molecule has 0 aliphatic rings. The molecule has 0 fully saturated rings. The smallest absolute Gasteiger partial charge is 0.244 e. The van der Waals surface area contributed by atoms with Gasteiger partial charge in [0.1, 0.15) is 17.1 Å². The maximum atomic E-state index is 12.1. The van der Waals surface area contributed by atoms with Gasteiger partial charge in [0.15, 0.2) is 0 Å². The zero-order valence-electron chi connectivity index (χ0n) is 15.7. The number of aryl methyl sites for hydroxylation is 3. The minimum absolute atomic E-state index is 0.0823. The molecule has 0 saturated carbocycles. The molecule has 0 aliphatic carbocycles. The Balaban J connectivity index is 2.50. The van der Waals surface area contributed by atoms with Crippen molar-refractivity contribution in [2.45, 2.75) is 41.5 Å². The highest BCUT2D eigenvalue weighted by Crippen LogP contribution is 2.38. The van der Waals surface area contributed by atoms with Gasteiger partial charge in [0, 0.05) is 29.1 Å². The minimum Gasteiger partial charge on any atom is -0.496 e. The van der Waals surface area contributed by atoms with Gasteiger partial charge in [-0.25, -0.2) is 0 Å². The minimum atomic E-state index is -0.0823. The normalized spacial score (nSPS) is 12.1. The van der Waals surface area contributed by atoms with Gasteiger partial charge < -0.3 is 14.5 Å². The Bertz CT molecular complexity index is 797. The molecule has 2 rings (SSSR count). The van der Waals surface area contributed by atoms with Crippen LogP contribution in [0.5, 0.6) is 5.75 Å². The van der Waals surface area contributed by atoms with Crippen LogP contribution in [0.2, 0.25) is 0 Å². The molecule has 0 spiro atoms. The molecule has 0 atom stereocenters. The van der Waals surface area contributed by atoms with Crippen molar-refractivity contribution in [1.29, 1.82) is 0 Å². The van der Waals surface area contributed by atoms with Crippen LogP contribution in [-0.4, -0.2) is 19.6 Å². The highest BCUT2D eigenvalue weighted by Gasteiger charge is 2.18. The lowest BCUT2D eigenvalue weighted by Crippen LogP contribution is -2.25. The van der Waals surface area contributed by atoms with Crippen LogP contribution >= 0.6 is 0 Å². The van der Waals surface area contributed by atoms with Crippen molar-refractivity contribution in [3.63, 3.8) is 0 Å². The van der Waals surface area contributed by atoms with E-state index >= 15 is 0 Å². The van der Waals surface area contributed by atoms with Crippen molar-refractivity contribution in [2.75, 3.05) is 13.7 Å². The number of rotatable bonds is 5. The van der Waals surface area contributed by atoms with Gasteiger partial charge in [0.05, 0.1) is 7.11 Å². The molecule has 2 aromatic rings. The molecule has 0 bridgehead atoms. The van der Waals surface area contributed by atoms with Gasteiger partial charge in [0.25, 0.3) is 0 Å². The fraction of sp³-hybridized carbons (Fsp3) is 0.450. The van der Waals surface area contributed by atoms with E-state index in [2.05, 4.69) is 25.2 Å². The van der Waals surface area contributed by atoms with Crippen molar-refractivity contribution < 1.29 is 13.9 Å². The summed E-state index contributed by atoms with van der Waals surface area (Å²) >= 11 is 0. The Labute approximate surface area is 143 Å². The number of methoxy groups -OCH3 is 1. The summed E-state index contributed by atoms with van der Waals surface area (Å²) < 4.78 is 11.5. The molecule has 1 heterocycles. The molecule has 1 N–H and O–H groups in total. The predicted molar refractivity (Wildman–Crippen MR) is 98.5 cm³/mol. The van der Waals surface area contributed by atoms with Crippen LogP contribution in [0, 0.1) is 26.7 Å². The molecule has 1 aromatic heterocycles. The summed E-state index contributed by atoms with van der Waals surface area (Å²) in [5.41, 5.74) is 4.72.